The topological polar surface area (TPSA) is 85.1 Å². The number of nitrogens with one attached hydrogen (secondary N) is 1. The van der Waals surface area contributed by atoms with Gasteiger partial charge in [-0.25, -0.2) is 9.50 Å². The number of carbonyl (C=O) groups is 1. The van der Waals surface area contributed by atoms with Crippen molar-refractivity contribution in [2.75, 3.05) is 0 Å². The monoisotopic (exact) mass is 494 g/mol. The first-order chi connectivity index (χ1) is 16.3. The normalized spacial score (nSPS) is 13.1. The van der Waals surface area contributed by atoms with Gasteiger partial charge in [0.25, 0.3) is 11.7 Å². The van der Waals surface area contributed by atoms with E-state index in [-0.39, 0.29) is 17.2 Å². The van der Waals surface area contributed by atoms with Crippen LogP contribution < -0.4 is 5.32 Å². The van der Waals surface area contributed by atoms with E-state index in [9.17, 15) is 31.1 Å². The maximum atomic E-state index is 13.7. The van der Waals surface area contributed by atoms with E-state index >= 15 is 0 Å². The zero-order valence-electron chi connectivity index (χ0n) is 18.1. The van der Waals surface area contributed by atoms with Gasteiger partial charge in [0, 0.05) is 17.6 Å². The molecule has 0 saturated carbocycles. The van der Waals surface area contributed by atoms with E-state index in [4.69, 9.17) is 0 Å². The summed E-state index contributed by atoms with van der Waals surface area (Å²) in [5.74, 6) is -1.24. The van der Waals surface area contributed by atoms with E-state index in [2.05, 4.69) is 25.4 Å². The number of rotatable bonds is 4. The van der Waals surface area contributed by atoms with Crippen molar-refractivity contribution in [1.29, 1.82) is 0 Å². The van der Waals surface area contributed by atoms with Crippen LogP contribution in [0.4, 0.5) is 26.3 Å². The number of aryl methyl sites for hydroxylation is 2. The lowest BCUT2D eigenvalue weighted by Crippen LogP contribution is -2.32. The van der Waals surface area contributed by atoms with Crippen molar-refractivity contribution in [3.05, 3.63) is 88.3 Å². The zero-order chi connectivity index (χ0) is 25.5. The molecule has 3 heterocycles. The summed E-state index contributed by atoms with van der Waals surface area (Å²) in [5.41, 5.74) is -1.57. The maximum absolute atomic E-state index is 13.7. The Labute approximate surface area is 193 Å². The van der Waals surface area contributed by atoms with E-state index in [0.29, 0.717) is 23.5 Å². The molecular formula is C22H16F6N6O. The second-order valence-corrected chi connectivity index (χ2v) is 7.65. The summed E-state index contributed by atoms with van der Waals surface area (Å²) >= 11 is 0. The van der Waals surface area contributed by atoms with Crippen LogP contribution >= 0.6 is 0 Å². The number of hydrogen-bond acceptors (Lipinski definition) is 5. The highest BCUT2D eigenvalue weighted by Gasteiger charge is 2.38. The van der Waals surface area contributed by atoms with Gasteiger partial charge in [-0.05, 0) is 49.7 Å². The molecule has 0 aliphatic rings. The third-order valence-electron chi connectivity index (χ3n) is 5.09. The molecule has 35 heavy (non-hydrogen) atoms. The van der Waals surface area contributed by atoms with Crippen LogP contribution in [0.15, 0.2) is 48.7 Å². The predicted octanol–water partition coefficient (Wildman–Crippen LogP) is 4.69. The number of halogens is 6. The number of aromatic nitrogens is 5. The second kappa shape index (κ2) is 8.64. The number of pyridine rings is 1. The second-order valence-electron chi connectivity index (χ2n) is 7.65. The first kappa shape index (κ1) is 24.1. The highest BCUT2D eigenvalue weighted by atomic mass is 19.4. The Morgan fingerprint density at radius 3 is 2.29 bits per heavy atom. The van der Waals surface area contributed by atoms with Crippen LogP contribution in [0.2, 0.25) is 0 Å². The third-order valence-corrected chi connectivity index (χ3v) is 5.09. The molecule has 0 unspecified atom stereocenters. The molecule has 1 amide bonds. The predicted molar refractivity (Wildman–Crippen MR) is 110 cm³/mol. The Morgan fingerprint density at radius 1 is 0.971 bits per heavy atom. The molecule has 0 saturated heterocycles. The lowest BCUT2D eigenvalue weighted by molar-refractivity contribution is -0.139. The Hall–Kier alpha value is -4.03. The summed E-state index contributed by atoms with van der Waals surface area (Å²) in [4.78, 5) is 25.0. The van der Waals surface area contributed by atoms with Crippen LogP contribution in [0.1, 0.15) is 50.4 Å². The van der Waals surface area contributed by atoms with Crippen molar-refractivity contribution in [2.45, 2.75) is 32.2 Å². The standard InChI is InChI=1S/C22H16F6N6O/c1-11-10-12(2)34-20(30-11)32-18(33-34)19(35)31-16(13-5-7-14(8-6-13)21(23,24)25)17-15(22(26,27)28)4-3-9-29-17/h3-10,16H,1-2H3,(H,31,35)/t16-/m0/s1. The molecular weight excluding hydrogens is 478 g/mol. The van der Waals surface area contributed by atoms with Crippen LogP contribution in [-0.4, -0.2) is 30.5 Å². The minimum absolute atomic E-state index is 0.0514. The fraction of sp³-hybridized carbons (Fsp3) is 0.227. The third kappa shape index (κ3) is 4.93. The summed E-state index contributed by atoms with van der Waals surface area (Å²) in [6.07, 6.45) is -8.39. The summed E-state index contributed by atoms with van der Waals surface area (Å²) in [6, 6.07) is 5.36. The number of carbonyl (C=O) groups excluding carboxylic acids is 1. The van der Waals surface area contributed by atoms with Gasteiger partial charge in [-0.2, -0.15) is 31.3 Å². The highest BCUT2D eigenvalue weighted by Crippen LogP contribution is 2.36. The van der Waals surface area contributed by atoms with E-state index in [1.54, 1.807) is 19.9 Å². The van der Waals surface area contributed by atoms with E-state index in [1.807, 2.05) is 0 Å². The lowest BCUT2D eigenvalue weighted by atomic mass is 9.97. The fourth-order valence-electron chi connectivity index (χ4n) is 3.52. The molecule has 1 aromatic carbocycles. The van der Waals surface area contributed by atoms with Gasteiger partial charge >= 0.3 is 12.4 Å². The molecule has 4 rings (SSSR count). The van der Waals surface area contributed by atoms with Crippen molar-refractivity contribution < 1.29 is 31.1 Å². The average Bonchev–Trinajstić information content (AvgIpc) is 3.21. The number of alkyl halides is 6. The summed E-state index contributed by atoms with van der Waals surface area (Å²) < 4.78 is 81.4. The van der Waals surface area contributed by atoms with Gasteiger partial charge in [-0.15, -0.1) is 5.10 Å². The molecule has 0 aliphatic carbocycles. The molecule has 0 bridgehead atoms. The van der Waals surface area contributed by atoms with Crippen molar-refractivity contribution >= 4 is 11.7 Å². The molecule has 3 aromatic heterocycles. The van der Waals surface area contributed by atoms with Crippen LogP contribution in [0.25, 0.3) is 5.78 Å². The molecule has 13 heteroatoms. The average molecular weight is 494 g/mol. The Balaban J connectivity index is 1.78. The first-order valence-electron chi connectivity index (χ1n) is 10.1. The molecule has 7 nitrogen and oxygen atoms in total. The number of nitrogens with zero attached hydrogens (tertiary/aromatic N) is 5. The van der Waals surface area contributed by atoms with Crippen LogP contribution in [0.3, 0.4) is 0 Å². The minimum atomic E-state index is -4.83. The SMILES string of the molecule is Cc1cc(C)n2nc(C(=O)N[C@@H](c3ccc(C(F)(F)F)cc3)c3ncccc3C(F)(F)F)nc2n1. The maximum Gasteiger partial charge on any atom is 0.418 e. The molecule has 1 N–H and O–H groups in total. The smallest absolute Gasteiger partial charge is 0.337 e. The van der Waals surface area contributed by atoms with Gasteiger partial charge in [-0.3, -0.25) is 9.78 Å². The Morgan fingerprint density at radius 2 is 1.66 bits per heavy atom. The molecule has 182 valence electrons. The van der Waals surface area contributed by atoms with Gasteiger partial charge in [-0.1, -0.05) is 12.1 Å². The number of hydrogen-bond donors (Lipinski definition) is 1. The summed E-state index contributed by atoms with van der Waals surface area (Å²) in [5, 5.41) is 6.43. The van der Waals surface area contributed by atoms with E-state index in [0.717, 1.165) is 30.5 Å². The lowest BCUT2D eigenvalue weighted by Gasteiger charge is -2.22. The summed E-state index contributed by atoms with van der Waals surface area (Å²) in [7, 11) is 0. The molecule has 0 radical (unpaired) electrons. The van der Waals surface area contributed by atoms with Crippen molar-refractivity contribution in [1.82, 2.24) is 29.9 Å². The summed E-state index contributed by atoms with van der Waals surface area (Å²) in [6.45, 7) is 3.41. The Kier molecular flexibility index (Phi) is 5.95. The van der Waals surface area contributed by atoms with Gasteiger partial charge in [0.15, 0.2) is 0 Å². The quantitative estimate of drug-likeness (QED) is 0.416. The van der Waals surface area contributed by atoms with Crippen molar-refractivity contribution in [2.24, 2.45) is 0 Å². The number of benzene rings is 1. The van der Waals surface area contributed by atoms with E-state index in [1.165, 1.54) is 4.52 Å². The molecule has 4 aromatic rings. The largest absolute Gasteiger partial charge is 0.418 e. The molecule has 0 aliphatic heterocycles. The Bertz CT molecular complexity index is 1390. The molecule has 0 spiro atoms. The zero-order valence-corrected chi connectivity index (χ0v) is 18.1. The van der Waals surface area contributed by atoms with Gasteiger partial charge in [0.1, 0.15) is 0 Å². The molecule has 0 fully saturated rings. The van der Waals surface area contributed by atoms with Crippen molar-refractivity contribution in [3.8, 4) is 0 Å². The van der Waals surface area contributed by atoms with Crippen LogP contribution in [0, 0.1) is 13.8 Å². The number of amides is 1. The highest BCUT2D eigenvalue weighted by molar-refractivity contribution is 5.91. The van der Waals surface area contributed by atoms with E-state index < -0.39 is 41.1 Å². The number of fused-ring (bicyclic) bond motifs is 1. The van der Waals surface area contributed by atoms with Crippen LogP contribution in [-0.2, 0) is 12.4 Å². The van der Waals surface area contributed by atoms with Gasteiger partial charge in [0.2, 0.25) is 5.82 Å². The minimum Gasteiger partial charge on any atom is -0.337 e. The van der Waals surface area contributed by atoms with Gasteiger partial charge < -0.3 is 5.32 Å². The van der Waals surface area contributed by atoms with Gasteiger partial charge in [0.05, 0.1) is 22.9 Å². The van der Waals surface area contributed by atoms with Crippen LogP contribution in [0.5, 0.6) is 0 Å². The molecule has 1 atom stereocenters. The first-order valence-corrected chi connectivity index (χ1v) is 10.1. The van der Waals surface area contributed by atoms with Crippen molar-refractivity contribution in [3.63, 3.8) is 0 Å². The fourth-order valence-corrected chi connectivity index (χ4v) is 3.52.